The van der Waals surface area contributed by atoms with E-state index in [1.54, 1.807) is 6.08 Å². The van der Waals surface area contributed by atoms with Gasteiger partial charge in [-0.3, -0.25) is 0 Å². The molecule has 3 N–H and O–H groups in total. The van der Waals surface area contributed by atoms with E-state index in [1.807, 2.05) is 0 Å². The van der Waals surface area contributed by atoms with E-state index >= 15 is 0 Å². The molecule has 1 heterocycles. The summed E-state index contributed by atoms with van der Waals surface area (Å²) in [7, 11) is -2.15. The molecule has 0 saturated carbocycles. The normalized spacial score (nSPS) is 15.1. The Morgan fingerprint density at radius 3 is 1.62 bits per heavy atom. The third-order valence-electron chi connectivity index (χ3n) is 8.06. The summed E-state index contributed by atoms with van der Waals surface area (Å²) < 4.78 is 5.40. The van der Waals surface area contributed by atoms with Gasteiger partial charge in [-0.05, 0) is 0 Å². The van der Waals surface area contributed by atoms with Crippen LogP contribution in [0.5, 0.6) is 17.2 Å². The van der Waals surface area contributed by atoms with Crippen molar-refractivity contribution in [2.45, 2.75) is 51.2 Å². The molecule has 0 bridgehead atoms. The summed E-state index contributed by atoms with van der Waals surface area (Å²) in [6, 6.07) is 36.3. The van der Waals surface area contributed by atoms with Gasteiger partial charge in [0.25, 0.3) is 0 Å². The van der Waals surface area contributed by atoms with Gasteiger partial charge >= 0.3 is 222 Å². The summed E-state index contributed by atoms with van der Waals surface area (Å²) in [6.45, 7) is 0. The number of aliphatic hydroxyl groups excluding tert-OH is 1. The third kappa shape index (κ3) is 6.25. The average molecular weight is 555 g/mol. The topological polar surface area (TPSA) is 69.9 Å². The van der Waals surface area contributed by atoms with Crippen molar-refractivity contribution in [3.63, 3.8) is 0 Å². The SMILES string of the molecule is Oc1cc2c(cc1O)C(CCCCCCCC[PH](c1ccccc1)(c1ccccc1)c1ccccc1)=CC(O)O2. The van der Waals surface area contributed by atoms with Gasteiger partial charge in [-0.2, -0.15) is 0 Å². The first-order valence-corrected chi connectivity index (χ1v) is 16.6. The Balaban J connectivity index is 1.19. The second kappa shape index (κ2) is 13.2. The van der Waals surface area contributed by atoms with E-state index in [2.05, 4.69) is 91.0 Å². The molecule has 0 amide bonds. The Morgan fingerprint density at radius 2 is 1.07 bits per heavy atom. The fourth-order valence-corrected chi connectivity index (χ4v) is 11.0. The number of allylic oxidation sites excluding steroid dienone is 1. The zero-order valence-electron chi connectivity index (χ0n) is 22.9. The van der Waals surface area contributed by atoms with Crippen molar-refractivity contribution >= 4 is 28.7 Å². The summed E-state index contributed by atoms with van der Waals surface area (Å²) in [5.41, 5.74) is 1.69. The number of aliphatic hydroxyl groups is 1. The molecule has 1 aliphatic rings. The van der Waals surface area contributed by atoms with E-state index in [9.17, 15) is 15.3 Å². The molecule has 5 rings (SSSR count). The van der Waals surface area contributed by atoms with Gasteiger partial charge in [0.1, 0.15) is 0 Å². The molecule has 4 nitrogen and oxygen atoms in total. The minimum absolute atomic E-state index is 0.175. The maximum absolute atomic E-state index is 10.1. The second-order valence-electron chi connectivity index (χ2n) is 10.7. The van der Waals surface area contributed by atoms with E-state index in [0.717, 1.165) is 36.8 Å². The summed E-state index contributed by atoms with van der Waals surface area (Å²) in [6.07, 6.45) is 9.49. The number of ether oxygens (including phenoxy) is 1. The summed E-state index contributed by atoms with van der Waals surface area (Å²) in [5.74, 6) is -0.0138. The Hall–Kier alpha value is -3.59. The fraction of sp³-hybridized carbons (Fsp3) is 0.257. The molecule has 0 aliphatic carbocycles. The molecule has 208 valence electrons. The summed E-state index contributed by atoms with van der Waals surface area (Å²) >= 11 is 0. The first-order valence-electron chi connectivity index (χ1n) is 14.4. The number of fused-ring (bicyclic) bond motifs is 1. The van der Waals surface area contributed by atoms with Gasteiger partial charge in [0, 0.05) is 0 Å². The molecule has 5 heteroatoms. The molecule has 0 spiro atoms. The van der Waals surface area contributed by atoms with Crippen LogP contribution in [0.2, 0.25) is 0 Å². The van der Waals surface area contributed by atoms with Crippen molar-refractivity contribution < 1.29 is 20.1 Å². The van der Waals surface area contributed by atoms with Crippen molar-refractivity contribution in [1.82, 2.24) is 0 Å². The van der Waals surface area contributed by atoms with E-state index in [4.69, 9.17) is 4.74 Å². The van der Waals surface area contributed by atoms with E-state index in [1.165, 1.54) is 53.5 Å². The number of hydrogen-bond acceptors (Lipinski definition) is 4. The second-order valence-corrected chi connectivity index (χ2v) is 14.7. The first kappa shape index (κ1) is 28.0. The Bertz CT molecular complexity index is 1310. The van der Waals surface area contributed by atoms with Gasteiger partial charge in [0.2, 0.25) is 0 Å². The first-order chi connectivity index (χ1) is 19.6. The van der Waals surface area contributed by atoms with Crippen LogP contribution in [0.4, 0.5) is 0 Å². The van der Waals surface area contributed by atoms with Crippen LogP contribution in [-0.4, -0.2) is 27.8 Å². The van der Waals surface area contributed by atoms with E-state index in [0.29, 0.717) is 5.75 Å². The predicted molar refractivity (Wildman–Crippen MR) is 168 cm³/mol. The molecule has 0 fully saturated rings. The molecule has 1 unspecified atom stereocenters. The number of phenols is 2. The minimum atomic E-state index is -2.15. The van der Waals surface area contributed by atoms with Crippen LogP contribution in [0.3, 0.4) is 0 Å². The van der Waals surface area contributed by atoms with Gasteiger partial charge in [-0.25, -0.2) is 0 Å². The van der Waals surface area contributed by atoms with Gasteiger partial charge in [0.05, 0.1) is 0 Å². The van der Waals surface area contributed by atoms with Crippen molar-refractivity contribution in [3.05, 3.63) is 115 Å². The van der Waals surface area contributed by atoms with E-state index < -0.39 is 13.6 Å². The molecule has 0 radical (unpaired) electrons. The molecule has 1 aliphatic heterocycles. The van der Waals surface area contributed by atoms with Crippen LogP contribution in [0.25, 0.3) is 5.57 Å². The quantitative estimate of drug-likeness (QED) is 0.104. The zero-order chi connectivity index (χ0) is 27.8. The average Bonchev–Trinajstić information content (AvgIpc) is 2.99. The van der Waals surface area contributed by atoms with Crippen molar-refractivity contribution in [2.24, 2.45) is 0 Å². The molecule has 0 saturated heterocycles. The van der Waals surface area contributed by atoms with Crippen molar-refractivity contribution in [1.29, 1.82) is 0 Å². The van der Waals surface area contributed by atoms with Gasteiger partial charge in [-0.1, -0.05) is 0 Å². The van der Waals surface area contributed by atoms with Crippen molar-refractivity contribution in [2.75, 3.05) is 6.16 Å². The number of benzene rings is 4. The molecule has 4 aromatic carbocycles. The number of unbranched alkanes of at least 4 members (excludes halogenated alkanes) is 5. The summed E-state index contributed by atoms with van der Waals surface area (Å²) in [5, 5.41) is 34.2. The van der Waals surface area contributed by atoms with Crippen LogP contribution in [0.1, 0.15) is 50.5 Å². The molecule has 1 atom stereocenters. The van der Waals surface area contributed by atoms with Crippen molar-refractivity contribution in [3.8, 4) is 17.2 Å². The molecule has 40 heavy (non-hydrogen) atoms. The summed E-state index contributed by atoms with van der Waals surface area (Å²) in [4.78, 5) is 0. The van der Waals surface area contributed by atoms with Gasteiger partial charge < -0.3 is 10.2 Å². The van der Waals surface area contributed by atoms with Crippen LogP contribution in [-0.2, 0) is 0 Å². The monoisotopic (exact) mass is 554 g/mol. The van der Waals surface area contributed by atoms with E-state index in [-0.39, 0.29) is 11.5 Å². The Morgan fingerprint density at radius 1 is 0.600 bits per heavy atom. The predicted octanol–water partition coefficient (Wildman–Crippen LogP) is 6.65. The Kier molecular flexibility index (Phi) is 9.21. The van der Waals surface area contributed by atoms with Crippen LogP contribution in [0, 0.1) is 0 Å². The molecular weight excluding hydrogens is 515 g/mol. The van der Waals surface area contributed by atoms with Crippen LogP contribution < -0.4 is 20.7 Å². The molecule has 4 aromatic rings. The third-order valence-corrected chi connectivity index (χ3v) is 13.1. The van der Waals surface area contributed by atoms with Gasteiger partial charge in [0.15, 0.2) is 5.75 Å². The van der Waals surface area contributed by atoms with Crippen LogP contribution >= 0.6 is 7.26 Å². The maximum atomic E-state index is 10.1. The number of aromatic hydroxyl groups is 2. The zero-order valence-corrected chi connectivity index (χ0v) is 23.9. The molecular formula is C35H39O4P. The standard InChI is InChI=1S/C35H39O4P/c36-32-25-31-27(24-35(38)39-34(31)26-33(32)37)16-8-3-1-2-4-15-23-40(28-17-9-5-10-18-28,29-19-11-6-12-20-29)30-21-13-7-14-22-30/h5-7,9-14,17-22,24-26,35-38,40H,1-4,8,15-16,23H2. The number of rotatable bonds is 12. The molecule has 0 aromatic heterocycles. The van der Waals surface area contributed by atoms with Gasteiger partial charge in [-0.15, -0.1) is 0 Å². The van der Waals surface area contributed by atoms with Crippen LogP contribution in [0.15, 0.2) is 109 Å². The fourth-order valence-electron chi connectivity index (χ4n) is 6.06. The Labute approximate surface area is 238 Å². The number of phenolic OH excluding ortho intramolecular Hbond substituents is 2. The number of hydrogen-bond donors (Lipinski definition) is 3.